The second kappa shape index (κ2) is 16.1. The Balaban J connectivity index is 2.36. The zero-order valence-corrected chi connectivity index (χ0v) is 25.9. The van der Waals surface area contributed by atoms with Crippen molar-refractivity contribution in [3.8, 4) is 0 Å². The number of carbonyl (C=O) groups excluding carboxylic acids is 5. The number of rotatable bonds is 17. The Morgan fingerprint density at radius 2 is 1.66 bits per heavy atom. The van der Waals surface area contributed by atoms with Crippen LogP contribution in [0.2, 0.25) is 0 Å². The highest BCUT2D eigenvalue weighted by Crippen LogP contribution is 2.47. The molecule has 2 heterocycles. The fourth-order valence-corrected chi connectivity index (χ4v) is 5.25. The molecule has 248 valence electrons. The van der Waals surface area contributed by atoms with Crippen molar-refractivity contribution in [1.82, 2.24) is 19.9 Å². The maximum absolute atomic E-state index is 13.9. The molecule has 1 aromatic rings. The Hall–Kier alpha value is -3.32. The molecule has 44 heavy (non-hydrogen) atoms. The van der Waals surface area contributed by atoms with Crippen LogP contribution in [0.15, 0.2) is 6.33 Å². The molecule has 3 unspecified atom stereocenters. The molecule has 0 saturated carbocycles. The molecule has 2 rings (SSSR count). The van der Waals surface area contributed by atoms with Gasteiger partial charge in [-0.2, -0.15) is 0 Å². The second-order valence-electron chi connectivity index (χ2n) is 9.39. The first-order valence-electron chi connectivity index (χ1n) is 13.3. The van der Waals surface area contributed by atoms with Gasteiger partial charge in [-0.3, -0.25) is 33.0 Å². The second-order valence-corrected chi connectivity index (χ2v) is 11.2. The molecular weight excluding hydrogens is 615 g/mol. The maximum atomic E-state index is 13.9. The zero-order chi connectivity index (χ0) is 33.2. The van der Waals surface area contributed by atoms with Crippen LogP contribution in [0.1, 0.15) is 51.5 Å². The molecule has 0 aromatic carbocycles. The summed E-state index contributed by atoms with van der Waals surface area (Å²) in [6.45, 7) is 3.20. The van der Waals surface area contributed by atoms with Crippen LogP contribution >= 0.6 is 7.75 Å². The summed E-state index contributed by atoms with van der Waals surface area (Å²) < 4.78 is 50.9. The molecule has 3 N–H and O–H groups in total. The molecule has 1 aliphatic heterocycles. The summed E-state index contributed by atoms with van der Waals surface area (Å²) in [7, 11) is -3.70. The molecule has 1 aromatic heterocycles. The standard InChI is InChI=1S/C24H37N4O15P/c1-7-38-22(34)24(10-40-15(5)30,23(35)39-8-2)11-42-44(36,27-13(3)21(33)37-6)41-9-16-17(31)18(32)20(43-16)28-12-25-19(26-28)14(4)29/h12-13,16-18,20,31-32H,7-11H2,1-6H3,(H,27,36)/t13-,16+,17?,18?,20+,44?/m0/s1. The SMILES string of the molecule is CCOC(=O)C(COC(C)=O)(COP(=O)(N[C@@H](C)C(=O)OC)OC[C@H]1O[C@@H](n2cnc(C(C)=O)n2)C(O)C1O)C(=O)OCC. The van der Waals surface area contributed by atoms with Crippen LogP contribution in [-0.4, -0.2) is 119 Å². The van der Waals surface area contributed by atoms with E-state index >= 15 is 0 Å². The van der Waals surface area contributed by atoms with Crippen molar-refractivity contribution in [2.45, 2.75) is 65.2 Å². The Kier molecular flexibility index (Phi) is 13.5. The fraction of sp³-hybridized carbons (Fsp3) is 0.708. The third-order valence-corrected chi connectivity index (χ3v) is 7.73. The molecular formula is C24H37N4O15P. The molecule has 0 aliphatic carbocycles. The number of ketones is 1. The smallest absolute Gasteiger partial charge is 0.406 e. The number of hydrogen-bond acceptors (Lipinski definition) is 17. The van der Waals surface area contributed by atoms with Crippen LogP contribution in [0.25, 0.3) is 0 Å². The lowest BCUT2D eigenvalue weighted by Gasteiger charge is -2.30. The number of esters is 4. The van der Waals surface area contributed by atoms with Gasteiger partial charge in [0.25, 0.3) is 0 Å². The van der Waals surface area contributed by atoms with Crippen molar-refractivity contribution in [1.29, 1.82) is 0 Å². The van der Waals surface area contributed by atoms with Crippen LogP contribution in [-0.2, 0) is 56.5 Å². The highest BCUT2D eigenvalue weighted by molar-refractivity contribution is 7.51. The van der Waals surface area contributed by atoms with E-state index in [0.717, 1.165) is 25.0 Å². The summed E-state index contributed by atoms with van der Waals surface area (Å²) in [6.07, 6.45) is -4.85. The quantitative estimate of drug-likeness (QED) is 0.0604. The lowest BCUT2D eigenvalue weighted by atomic mass is 9.90. The van der Waals surface area contributed by atoms with E-state index in [1.54, 1.807) is 0 Å². The third-order valence-electron chi connectivity index (χ3n) is 6.07. The van der Waals surface area contributed by atoms with E-state index in [9.17, 15) is 38.8 Å². The van der Waals surface area contributed by atoms with Crippen molar-refractivity contribution in [2.75, 3.05) is 40.1 Å². The van der Waals surface area contributed by atoms with Crippen LogP contribution < -0.4 is 5.09 Å². The van der Waals surface area contributed by atoms with Gasteiger partial charge in [0.15, 0.2) is 12.0 Å². The summed E-state index contributed by atoms with van der Waals surface area (Å²) in [5, 5.41) is 27.3. The number of aromatic nitrogens is 3. The van der Waals surface area contributed by atoms with Gasteiger partial charge < -0.3 is 33.9 Å². The Morgan fingerprint density at radius 1 is 1.05 bits per heavy atom. The molecule has 19 nitrogen and oxygen atoms in total. The number of Topliss-reactive ketones (excluding diaryl/α,β-unsaturated/α-hetero) is 1. The van der Waals surface area contributed by atoms with Crippen molar-refractivity contribution >= 4 is 37.4 Å². The lowest BCUT2D eigenvalue weighted by molar-refractivity contribution is -0.181. The summed E-state index contributed by atoms with van der Waals surface area (Å²) in [4.78, 5) is 65.0. The number of nitrogens with zero attached hydrogens (tertiary/aromatic N) is 3. The molecule has 0 spiro atoms. The zero-order valence-electron chi connectivity index (χ0n) is 25.0. The van der Waals surface area contributed by atoms with Crippen LogP contribution in [0.5, 0.6) is 0 Å². The van der Waals surface area contributed by atoms with E-state index in [1.165, 1.54) is 27.7 Å². The predicted molar refractivity (Wildman–Crippen MR) is 142 cm³/mol. The maximum Gasteiger partial charge on any atom is 0.406 e. The highest BCUT2D eigenvalue weighted by atomic mass is 31.2. The van der Waals surface area contributed by atoms with E-state index in [2.05, 4.69) is 19.9 Å². The predicted octanol–water partition coefficient (Wildman–Crippen LogP) is -0.932. The monoisotopic (exact) mass is 652 g/mol. The number of nitrogens with one attached hydrogen (secondary N) is 1. The van der Waals surface area contributed by atoms with Gasteiger partial charge >= 0.3 is 31.6 Å². The van der Waals surface area contributed by atoms with Gasteiger partial charge in [-0.05, 0) is 20.8 Å². The number of aliphatic hydroxyl groups excluding tert-OH is 2. The van der Waals surface area contributed by atoms with Crippen LogP contribution in [0.3, 0.4) is 0 Å². The minimum atomic E-state index is -4.76. The molecule has 1 aliphatic rings. The Bertz CT molecular complexity index is 1220. The lowest BCUT2D eigenvalue weighted by Crippen LogP contribution is -2.50. The van der Waals surface area contributed by atoms with Gasteiger partial charge in [0.2, 0.25) is 11.2 Å². The topological polar surface area (TPSA) is 250 Å². The van der Waals surface area contributed by atoms with Crippen molar-refractivity contribution in [3.05, 3.63) is 12.2 Å². The number of carbonyl (C=O) groups is 5. The number of hydrogen-bond donors (Lipinski definition) is 3. The number of methoxy groups -OCH3 is 1. The van der Waals surface area contributed by atoms with Gasteiger partial charge in [-0.1, -0.05) is 0 Å². The number of ether oxygens (including phenoxy) is 5. The third kappa shape index (κ3) is 9.10. The minimum absolute atomic E-state index is 0.172. The van der Waals surface area contributed by atoms with Crippen molar-refractivity contribution in [2.24, 2.45) is 5.41 Å². The van der Waals surface area contributed by atoms with Crippen molar-refractivity contribution < 1.29 is 71.5 Å². The van der Waals surface area contributed by atoms with Gasteiger partial charge in [-0.25, -0.2) is 19.3 Å². The molecule has 1 saturated heterocycles. The van der Waals surface area contributed by atoms with E-state index in [4.69, 9.17) is 28.0 Å². The molecule has 0 amide bonds. The minimum Gasteiger partial charge on any atom is -0.468 e. The fourth-order valence-electron chi connectivity index (χ4n) is 3.71. The largest absolute Gasteiger partial charge is 0.468 e. The van der Waals surface area contributed by atoms with Crippen molar-refractivity contribution in [3.63, 3.8) is 0 Å². The molecule has 0 bridgehead atoms. The summed E-state index contributed by atoms with van der Waals surface area (Å²) in [5.74, 6) is -4.87. The van der Waals surface area contributed by atoms with E-state index in [-0.39, 0.29) is 19.0 Å². The molecule has 0 radical (unpaired) electrons. The Labute approximate surface area is 252 Å². The average Bonchev–Trinajstić information content (AvgIpc) is 3.57. The van der Waals surface area contributed by atoms with Crippen LogP contribution in [0.4, 0.5) is 0 Å². The highest BCUT2D eigenvalue weighted by Gasteiger charge is 2.53. The van der Waals surface area contributed by atoms with Gasteiger partial charge in [-0.15, -0.1) is 5.10 Å². The van der Waals surface area contributed by atoms with E-state index < -0.39 is 93.2 Å². The summed E-state index contributed by atoms with van der Waals surface area (Å²) in [5.41, 5.74) is -2.47. The van der Waals surface area contributed by atoms with E-state index in [0.29, 0.717) is 0 Å². The first-order valence-corrected chi connectivity index (χ1v) is 14.8. The van der Waals surface area contributed by atoms with Gasteiger partial charge in [0.05, 0.1) is 33.5 Å². The first kappa shape index (κ1) is 36.9. The van der Waals surface area contributed by atoms with Crippen LogP contribution in [0, 0.1) is 5.41 Å². The normalized spacial score (nSPS) is 22.0. The Morgan fingerprint density at radius 3 is 2.16 bits per heavy atom. The van der Waals surface area contributed by atoms with E-state index in [1.807, 2.05) is 0 Å². The van der Waals surface area contributed by atoms with Gasteiger partial charge in [0.1, 0.15) is 37.3 Å². The van der Waals surface area contributed by atoms with Gasteiger partial charge in [0, 0.05) is 13.8 Å². The average molecular weight is 653 g/mol. The summed E-state index contributed by atoms with van der Waals surface area (Å²) >= 11 is 0. The molecule has 6 atom stereocenters. The number of aliphatic hydroxyl groups is 2. The molecule has 1 fully saturated rings. The summed E-state index contributed by atoms with van der Waals surface area (Å²) in [6, 6.07) is -1.34. The molecule has 20 heteroatoms. The first-order chi connectivity index (χ1) is 20.6.